The minimum absolute atomic E-state index is 0.180. The highest BCUT2D eigenvalue weighted by Crippen LogP contribution is 2.66. The van der Waals surface area contributed by atoms with E-state index in [1.54, 1.807) is 0 Å². The van der Waals surface area contributed by atoms with Gasteiger partial charge in [0.05, 0.1) is 0 Å². The first-order chi connectivity index (χ1) is 11.3. The van der Waals surface area contributed by atoms with Crippen LogP contribution in [-0.4, -0.2) is 11.6 Å². The molecule has 0 amide bonds. The summed E-state index contributed by atoms with van der Waals surface area (Å²) in [6, 6.07) is 0. The van der Waals surface area contributed by atoms with Gasteiger partial charge in [-0.1, -0.05) is 26.3 Å². The molecule has 2 heteroatoms. The Morgan fingerprint density at radius 1 is 1.12 bits per heavy atom. The Morgan fingerprint density at radius 3 is 2.58 bits per heavy atom. The van der Waals surface area contributed by atoms with E-state index in [0.29, 0.717) is 17.5 Å². The van der Waals surface area contributed by atoms with Gasteiger partial charge < -0.3 is 0 Å². The zero-order valence-electron chi connectivity index (χ0n) is 15.7. The number of fused-ring (bicyclic) bond motifs is 5. The van der Waals surface area contributed by atoms with Crippen molar-refractivity contribution >= 4 is 11.6 Å². The van der Waals surface area contributed by atoms with Gasteiger partial charge in [-0.3, -0.25) is 9.59 Å². The first kappa shape index (κ1) is 16.5. The van der Waals surface area contributed by atoms with Crippen molar-refractivity contribution in [1.29, 1.82) is 0 Å². The second-order valence-corrected chi connectivity index (χ2v) is 9.80. The second kappa shape index (κ2) is 5.29. The van der Waals surface area contributed by atoms with Crippen molar-refractivity contribution < 1.29 is 9.59 Å². The number of carbonyl (C=O) groups excluding carboxylic acids is 2. The number of allylic oxidation sites excluding steroid dienone is 1. The summed E-state index contributed by atoms with van der Waals surface area (Å²) in [4.78, 5) is 24.4. The number of hydrogen-bond acceptors (Lipinski definition) is 2. The van der Waals surface area contributed by atoms with E-state index in [-0.39, 0.29) is 16.7 Å². The maximum Gasteiger partial charge on any atom is 0.158 e. The van der Waals surface area contributed by atoms with Crippen molar-refractivity contribution in [3.05, 3.63) is 11.6 Å². The molecule has 4 rings (SSSR count). The number of ketones is 2. The normalized spacial score (nSPS) is 50.6. The van der Waals surface area contributed by atoms with Crippen molar-refractivity contribution in [2.75, 3.05) is 0 Å². The van der Waals surface area contributed by atoms with Crippen LogP contribution >= 0.6 is 0 Å². The van der Waals surface area contributed by atoms with E-state index in [0.717, 1.165) is 37.0 Å². The van der Waals surface area contributed by atoms with Crippen molar-refractivity contribution in [1.82, 2.24) is 0 Å². The lowest BCUT2D eigenvalue weighted by Gasteiger charge is -2.58. The molecule has 132 valence electrons. The molecular weight excluding hydrogens is 296 g/mol. The van der Waals surface area contributed by atoms with E-state index in [1.807, 2.05) is 13.0 Å². The van der Waals surface area contributed by atoms with Crippen LogP contribution in [0.2, 0.25) is 0 Å². The van der Waals surface area contributed by atoms with E-state index in [1.165, 1.54) is 31.3 Å². The van der Waals surface area contributed by atoms with E-state index >= 15 is 0 Å². The highest BCUT2D eigenvalue weighted by atomic mass is 16.1. The van der Waals surface area contributed by atoms with E-state index in [2.05, 4.69) is 20.8 Å². The Balaban J connectivity index is 1.68. The third-order valence-corrected chi connectivity index (χ3v) is 8.76. The highest BCUT2D eigenvalue weighted by molar-refractivity contribution is 5.93. The van der Waals surface area contributed by atoms with Crippen LogP contribution in [0.4, 0.5) is 0 Å². The lowest BCUT2D eigenvalue weighted by molar-refractivity contribution is -0.129. The molecule has 2 nitrogen and oxygen atoms in total. The summed E-state index contributed by atoms with van der Waals surface area (Å²) >= 11 is 0. The summed E-state index contributed by atoms with van der Waals surface area (Å²) in [7, 11) is 0. The van der Waals surface area contributed by atoms with Gasteiger partial charge in [0.2, 0.25) is 0 Å². The molecule has 0 radical (unpaired) electrons. The van der Waals surface area contributed by atoms with Gasteiger partial charge in [0, 0.05) is 11.8 Å². The standard InChI is InChI=1S/C22H32O2/c1-13-12-22(4)15(11-20(13)24)5-6-16-18-8-7-17(14(2)23)21(18,3)10-9-19(16)22/h11,13,16-19H,5-10,12H2,1-4H3/t13-,16+,17-,18+,19+,21-,22+/m1/s1. The van der Waals surface area contributed by atoms with E-state index in [4.69, 9.17) is 0 Å². The molecule has 3 saturated carbocycles. The number of carbonyl (C=O) groups is 2. The zero-order valence-corrected chi connectivity index (χ0v) is 15.7. The fraction of sp³-hybridized carbons (Fsp3) is 0.818. The summed E-state index contributed by atoms with van der Waals surface area (Å²) in [6.07, 6.45) is 10.2. The number of hydrogen-bond donors (Lipinski definition) is 0. The molecule has 0 aromatic rings. The average molecular weight is 328 g/mol. The Labute approximate surface area is 146 Å². The molecule has 0 aliphatic heterocycles. The first-order valence-corrected chi connectivity index (χ1v) is 10.0. The summed E-state index contributed by atoms with van der Waals surface area (Å²) < 4.78 is 0. The third kappa shape index (κ3) is 2.07. The van der Waals surface area contributed by atoms with E-state index < -0.39 is 0 Å². The predicted molar refractivity (Wildman–Crippen MR) is 95.4 cm³/mol. The van der Waals surface area contributed by atoms with Crippen LogP contribution < -0.4 is 0 Å². The Bertz CT molecular complexity index is 617. The van der Waals surface area contributed by atoms with Gasteiger partial charge in [0.1, 0.15) is 5.78 Å². The molecule has 0 aromatic carbocycles. The van der Waals surface area contributed by atoms with Gasteiger partial charge in [-0.25, -0.2) is 0 Å². The van der Waals surface area contributed by atoms with E-state index in [9.17, 15) is 9.59 Å². The van der Waals surface area contributed by atoms with Gasteiger partial charge in [0.15, 0.2) is 5.78 Å². The van der Waals surface area contributed by atoms with Gasteiger partial charge in [-0.2, -0.15) is 0 Å². The molecule has 0 N–H and O–H groups in total. The highest BCUT2D eigenvalue weighted by Gasteiger charge is 2.60. The van der Waals surface area contributed by atoms with Crippen molar-refractivity contribution in [2.45, 2.75) is 72.6 Å². The molecular formula is C22H32O2. The van der Waals surface area contributed by atoms with Crippen LogP contribution in [0.5, 0.6) is 0 Å². The lowest BCUT2D eigenvalue weighted by Crippen LogP contribution is -2.51. The molecule has 3 fully saturated rings. The van der Waals surface area contributed by atoms with Gasteiger partial charge >= 0.3 is 0 Å². The monoisotopic (exact) mass is 328 g/mol. The smallest absolute Gasteiger partial charge is 0.158 e. The molecule has 0 heterocycles. The van der Waals surface area contributed by atoms with Crippen LogP contribution in [0.1, 0.15) is 72.6 Å². The molecule has 0 unspecified atom stereocenters. The summed E-state index contributed by atoms with van der Waals surface area (Å²) in [5, 5.41) is 0. The van der Waals surface area contributed by atoms with Gasteiger partial charge in [0.25, 0.3) is 0 Å². The van der Waals surface area contributed by atoms with Crippen LogP contribution in [0.15, 0.2) is 11.6 Å². The fourth-order valence-electron chi connectivity index (χ4n) is 7.56. The molecule has 0 spiro atoms. The topological polar surface area (TPSA) is 34.1 Å². The molecule has 4 aliphatic carbocycles. The maximum absolute atomic E-state index is 12.2. The van der Waals surface area contributed by atoms with Crippen LogP contribution in [0, 0.1) is 40.4 Å². The average Bonchev–Trinajstić information content (AvgIpc) is 2.86. The Kier molecular flexibility index (Phi) is 3.64. The molecule has 0 bridgehead atoms. The zero-order chi connectivity index (χ0) is 17.3. The first-order valence-electron chi connectivity index (χ1n) is 10.0. The third-order valence-electron chi connectivity index (χ3n) is 8.76. The summed E-state index contributed by atoms with van der Waals surface area (Å²) in [5.74, 6) is 3.43. The Hall–Kier alpha value is -0.920. The quantitative estimate of drug-likeness (QED) is 0.681. The van der Waals surface area contributed by atoms with Crippen LogP contribution in [0.3, 0.4) is 0 Å². The minimum Gasteiger partial charge on any atom is -0.300 e. The molecule has 4 aliphatic rings. The minimum atomic E-state index is 0.180. The largest absolute Gasteiger partial charge is 0.300 e. The van der Waals surface area contributed by atoms with Crippen molar-refractivity contribution in [2.24, 2.45) is 40.4 Å². The van der Waals surface area contributed by atoms with Crippen molar-refractivity contribution in [3.8, 4) is 0 Å². The molecule has 7 atom stereocenters. The lowest BCUT2D eigenvalue weighted by atomic mass is 9.46. The summed E-state index contributed by atoms with van der Waals surface area (Å²) in [5.41, 5.74) is 1.91. The molecule has 0 aromatic heterocycles. The van der Waals surface area contributed by atoms with Crippen molar-refractivity contribution in [3.63, 3.8) is 0 Å². The fourth-order valence-corrected chi connectivity index (χ4v) is 7.56. The van der Waals surface area contributed by atoms with Crippen LogP contribution in [0.25, 0.3) is 0 Å². The SMILES string of the molecule is CC(=O)[C@H]1CC[C@H]2[C@@H]3CCC4=CC(=O)[C@H](C)C[C@]4(C)[C@H]3CC[C@]12C. The van der Waals surface area contributed by atoms with Gasteiger partial charge in [-0.15, -0.1) is 0 Å². The molecule has 0 saturated heterocycles. The maximum atomic E-state index is 12.2. The molecule has 24 heavy (non-hydrogen) atoms. The number of Topliss-reactive ketones (excluding diaryl/α,β-unsaturated/α-hetero) is 1. The number of rotatable bonds is 1. The van der Waals surface area contributed by atoms with Gasteiger partial charge in [-0.05, 0) is 86.5 Å². The predicted octanol–water partition coefficient (Wildman–Crippen LogP) is 4.97. The summed E-state index contributed by atoms with van der Waals surface area (Å²) in [6.45, 7) is 8.77. The second-order valence-electron chi connectivity index (χ2n) is 9.80. The Morgan fingerprint density at radius 2 is 1.88 bits per heavy atom. The van der Waals surface area contributed by atoms with Crippen LogP contribution in [-0.2, 0) is 9.59 Å².